The first kappa shape index (κ1) is 36.8. The van der Waals surface area contributed by atoms with Crippen molar-refractivity contribution in [1.29, 1.82) is 0 Å². The number of methoxy groups -OCH3 is 2. The Bertz CT molecular complexity index is 1370. The molecule has 2 rings (SSSR count). The van der Waals surface area contributed by atoms with E-state index in [0.717, 1.165) is 23.1 Å². The molecule has 7 nitrogen and oxygen atoms in total. The van der Waals surface area contributed by atoms with Gasteiger partial charge < -0.3 is 19.7 Å². The average Bonchev–Trinajstić information content (AvgIpc) is 2.90. The van der Waals surface area contributed by atoms with Gasteiger partial charge in [0.15, 0.2) is 0 Å². The number of carbonyl (C=O) groups excluding carboxylic acids is 2. The van der Waals surface area contributed by atoms with Crippen LogP contribution in [0, 0.1) is 0 Å². The van der Waals surface area contributed by atoms with Crippen LogP contribution < -0.4 is 0 Å². The first-order valence-corrected chi connectivity index (χ1v) is 15.5. The zero-order valence-corrected chi connectivity index (χ0v) is 29.0. The molecule has 0 spiro atoms. The van der Waals surface area contributed by atoms with Crippen LogP contribution >= 0.6 is 0 Å². The van der Waals surface area contributed by atoms with Crippen molar-refractivity contribution in [2.45, 2.75) is 129 Å². The summed E-state index contributed by atoms with van der Waals surface area (Å²) in [4.78, 5) is 36.7. The molecule has 0 aliphatic carbocycles. The molecule has 0 fully saturated rings. The average molecular weight is 611 g/mol. The molecule has 2 aromatic carbocycles. The van der Waals surface area contributed by atoms with E-state index in [9.17, 15) is 24.6 Å². The van der Waals surface area contributed by atoms with Gasteiger partial charge in [-0.25, -0.2) is 4.79 Å². The number of ether oxygens (including phenoxy) is 2. The fourth-order valence-corrected chi connectivity index (χ4v) is 6.00. The number of benzene rings is 2. The highest BCUT2D eigenvalue weighted by Gasteiger charge is 2.36. The number of esters is 2. The molecule has 0 unspecified atom stereocenters. The van der Waals surface area contributed by atoms with Crippen LogP contribution in [0.15, 0.2) is 24.3 Å². The van der Waals surface area contributed by atoms with E-state index in [1.165, 1.54) is 14.2 Å². The van der Waals surface area contributed by atoms with Gasteiger partial charge in [-0.2, -0.15) is 0 Å². The van der Waals surface area contributed by atoms with Gasteiger partial charge in [0.1, 0.15) is 5.75 Å². The summed E-state index contributed by atoms with van der Waals surface area (Å²) in [6.45, 7) is 20.4. The Morgan fingerprint density at radius 3 is 1.64 bits per heavy atom. The number of aromatic hydroxyl groups is 1. The van der Waals surface area contributed by atoms with E-state index >= 15 is 0 Å². The standard InChI is InChI=1S/C37H54O7/c1-34(2,3)27-22-25(33(41)42)30(31(32(27)40)35(4,5)6)24-18-17-23(36(7,8)19-13-15-28(38)43-11)21-26(24)37(9,10)20-14-16-29(39)44-12/h17-18,21-22,40H,13-16,19-20H2,1-12H3,(H,41,42). The molecule has 0 aliphatic heterocycles. The minimum atomic E-state index is -1.06. The Kier molecular flexibility index (Phi) is 11.5. The van der Waals surface area contributed by atoms with Gasteiger partial charge in [-0.1, -0.05) is 87.4 Å². The van der Waals surface area contributed by atoms with Crippen molar-refractivity contribution in [3.05, 3.63) is 52.1 Å². The second-order valence-electron chi connectivity index (χ2n) is 15.3. The number of carbonyl (C=O) groups is 3. The first-order valence-electron chi connectivity index (χ1n) is 15.5. The van der Waals surface area contributed by atoms with E-state index < -0.39 is 22.2 Å². The topological polar surface area (TPSA) is 110 Å². The van der Waals surface area contributed by atoms with Crippen LogP contribution in [0.25, 0.3) is 11.1 Å². The summed E-state index contributed by atoms with van der Waals surface area (Å²) < 4.78 is 9.70. The van der Waals surface area contributed by atoms with Crippen LogP contribution in [0.4, 0.5) is 0 Å². The molecule has 0 atom stereocenters. The predicted molar refractivity (Wildman–Crippen MR) is 176 cm³/mol. The Morgan fingerprint density at radius 1 is 0.705 bits per heavy atom. The number of carboxylic acids is 1. The maximum atomic E-state index is 13.0. The molecule has 0 heterocycles. The molecule has 7 heteroatoms. The minimum absolute atomic E-state index is 0.117. The van der Waals surface area contributed by atoms with Gasteiger partial charge >= 0.3 is 17.9 Å². The van der Waals surface area contributed by atoms with Crippen molar-refractivity contribution in [3.63, 3.8) is 0 Å². The van der Waals surface area contributed by atoms with Gasteiger partial charge in [-0.15, -0.1) is 0 Å². The van der Waals surface area contributed by atoms with Crippen LogP contribution in [0.3, 0.4) is 0 Å². The van der Waals surface area contributed by atoms with E-state index in [0.29, 0.717) is 42.4 Å². The van der Waals surface area contributed by atoms with Crippen LogP contribution in [-0.4, -0.2) is 42.3 Å². The summed E-state index contributed by atoms with van der Waals surface area (Å²) in [7, 11) is 2.77. The number of phenols is 1. The molecule has 244 valence electrons. The molecule has 0 aromatic heterocycles. The molecular formula is C37H54O7. The molecular weight excluding hydrogens is 556 g/mol. The zero-order chi connectivity index (χ0) is 33.8. The largest absolute Gasteiger partial charge is 0.507 e. The van der Waals surface area contributed by atoms with E-state index in [-0.39, 0.29) is 35.1 Å². The lowest BCUT2D eigenvalue weighted by molar-refractivity contribution is -0.141. The van der Waals surface area contributed by atoms with Crippen molar-refractivity contribution in [3.8, 4) is 16.9 Å². The number of hydrogen-bond acceptors (Lipinski definition) is 6. The Labute approximate surface area is 264 Å². The smallest absolute Gasteiger partial charge is 0.336 e. The highest BCUT2D eigenvalue weighted by molar-refractivity contribution is 5.99. The molecule has 2 N–H and O–H groups in total. The summed E-state index contributed by atoms with van der Waals surface area (Å²) in [6.07, 6.45) is 3.28. The molecule has 0 amide bonds. The highest BCUT2D eigenvalue weighted by Crippen LogP contribution is 2.49. The molecule has 0 bridgehead atoms. The number of aromatic carboxylic acids is 1. The van der Waals surface area contributed by atoms with Crippen molar-refractivity contribution in [2.75, 3.05) is 14.2 Å². The number of carboxylic acid groups (broad SMARTS) is 1. The summed E-state index contributed by atoms with van der Waals surface area (Å²) in [5, 5.41) is 22.4. The summed E-state index contributed by atoms with van der Waals surface area (Å²) in [6, 6.07) is 7.80. The second-order valence-corrected chi connectivity index (χ2v) is 15.3. The SMILES string of the molecule is COC(=O)CCCC(C)(C)c1ccc(-c2c(C(=O)O)cc(C(C)(C)C)c(O)c2C(C)(C)C)c(C(C)(C)CCCC(=O)OC)c1. The molecule has 0 saturated heterocycles. The number of rotatable bonds is 12. The third-order valence-electron chi connectivity index (χ3n) is 8.71. The third-order valence-corrected chi connectivity index (χ3v) is 8.71. The van der Waals surface area contributed by atoms with Crippen molar-refractivity contribution in [2.24, 2.45) is 0 Å². The third kappa shape index (κ3) is 8.64. The quantitative estimate of drug-likeness (QED) is 0.232. The van der Waals surface area contributed by atoms with Gasteiger partial charge in [0.05, 0.1) is 19.8 Å². The number of hydrogen-bond donors (Lipinski definition) is 2. The van der Waals surface area contributed by atoms with E-state index in [1.807, 2.05) is 53.7 Å². The van der Waals surface area contributed by atoms with Crippen LogP contribution in [0.1, 0.15) is 140 Å². The lowest BCUT2D eigenvalue weighted by atomic mass is 9.69. The molecule has 0 radical (unpaired) electrons. The van der Waals surface area contributed by atoms with Crippen molar-refractivity contribution in [1.82, 2.24) is 0 Å². The van der Waals surface area contributed by atoms with Crippen LogP contribution in [0.2, 0.25) is 0 Å². The maximum absolute atomic E-state index is 13.0. The maximum Gasteiger partial charge on any atom is 0.336 e. The zero-order valence-electron chi connectivity index (χ0n) is 29.0. The molecule has 0 aliphatic rings. The van der Waals surface area contributed by atoms with Gasteiger partial charge in [0.25, 0.3) is 0 Å². The fourth-order valence-electron chi connectivity index (χ4n) is 6.00. The predicted octanol–water partition coefficient (Wildman–Crippen LogP) is 8.59. The monoisotopic (exact) mass is 610 g/mol. The van der Waals surface area contributed by atoms with Gasteiger partial charge in [-0.05, 0) is 70.1 Å². The lowest BCUT2D eigenvalue weighted by Crippen LogP contribution is -2.25. The van der Waals surface area contributed by atoms with Crippen LogP contribution in [-0.2, 0) is 40.7 Å². The second kappa shape index (κ2) is 13.7. The van der Waals surface area contributed by atoms with Gasteiger partial charge in [0, 0.05) is 29.5 Å². The fraction of sp³-hybridized carbons (Fsp3) is 0.595. The van der Waals surface area contributed by atoms with E-state index in [2.05, 4.69) is 33.8 Å². The lowest BCUT2D eigenvalue weighted by Gasteiger charge is -2.35. The normalized spacial score (nSPS) is 12.6. The van der Waals surface area contributed by atoms with Gasteiger partial charge in [-0.3, -0.25) is 9.59 Å². The van der Waals surface area contributed by atoms with Gasteiger partial charge in [0.2, 0.25) is 0 Å². The van der Waals surface area contributed by atoms with E-state index in [1.54, 1.807) is 6.07 Å². The first-order chi connectivity index (χ1) is 20.1. The number of phenolic OH excluding ortho intramolecular Hbond substituents is 1. The Hall–Kier alpha value is -3.35. The Morgan fingerprint density at radius 2 is 1.20 bits per heavy atom. The molecule has 2 aromatic rings. The van der Waals surface area contributed by atoms with Crippen molar-refractivity contribution >= 4 is 17.9 Å². The van der Waals surface area contributed by atoms with E-state index in [4.69, 9.17) is 9.47 Å². The Balaban J connectivity index is 2.96. The molecule has 44 heavy (non-hydrogen) atoms. The summed E-state index contributed by atoms with van der Waals surface area (Å²) in [5.41, 5.74) is 2.78. The van der Waals surface area contributed by atoms with Crippen molar-refractivity contribution < 1.29 is 34.1 Å². The summed E-state index contributed by atoms with van der Waals surface area (Å²) in [5.74, 6) is -1.45. The van der Waals surface area contributed by atoms with Crippen LogP contribution in [0.5, 0.6) is 5.75 Å². The highest BCUT2D eigenvalue weighted by atomic mass is 16.5. The minimum Gasteiger partial charge on any atom is -0.507 e. The molecule has 0 saturated carbocycles. The summed E-state index contributed by atoms with van der Waals surface area (Å²) >= 11 is 0.